The SMILES string of the molecule is CC(C)c1cccc(COc2cccc3[nH]cc(C(=O)C(N)=O)c23)c1. The lowest BCUT2D eigenvalue weighted by Gasteiger charge is -2.11. The first kappa shape index (κ1) is 16.8. The third kappa shape index (κ3) is 3.40. The quantitative estimate of drug-likeness (QED) is 0.533. The number of ether oxygens (including phenoxy) is 1. The summed E-state index contributed by atoms with van der Waals surface area (Å²) in [6.45, 7) is 4.65. The fourth-order valence-corrected chi connectivity index (χ4v) is 2.79. The molecule has 1 heterocycles. The lowest BCUT2D eigenvalue weighted by molar-refractivity contribution is -0.114. The van der Waals surface area contributed by atoms with Gasteiger partial charge in [0.15, 0.2) is 0 Å². The van der Waals surface area contributed by atoms with Gasteiger partial charge in [0, 0.05) is 11.7 Å². The second-order valence-electron chi connectivity index (χ2n) is 6.26. The first-order chi connectivity index (χ1) is 12.0. The Hall–Kier alpha value is -3.08. The van der Waals surface area contributed by atoms with E-state index in [0.717, 1.165) is 11.1 Å². The summed E-state index contributed by atoms with van der Waals surface area (Å²) in [6.07, 6.45) is 1.49. The monoisotopic (exact) mass is 336 g/mol. The molecule has 1 amide bonds. The standard InChI is InChI=1S/C20H20N2O3/c1-12(2)14-6-3-5-13(9-14)11-25-17-8-4-7-16-18(17)15(10-22-16)19(23)20(21)24/h3-10,12,22H,11H2,1-2H3,(H2,21,24). The maximum atomic E-state index is 12.0. The van der Waals surface area contributed by atoms with Crippen LogP contribution in [0, 0.1) is 0 Å². The number of carbonyl (C=O) groups is 2. The molecule has 5 nitrogen and oxygen atoms in total. The Bertz CT molecular complexity index is 941. The van der Waals surface area contributed by atoms with Crippen LogP contribution in [0.2, 0.25) is 0 Å². The predicted molar refractivity (Wildman–Crippen MR) is 96.7 cm³/mol. The van der Waals surface area contributed by atoms with Crippen LogP contribution in [0.25, 0.3) is 10.9 Å². The molecule has 0 fully saturated rings. The molecule has 1 aromatic heterocycles. The number of benzene rings is 2. The molecular formula is C20H20N2O3. The van der Waals surface area contributed by atoms with Gasteiger partial charge in [0.2, 0.25) is 0 Å². The largest absolute Gasteiger partial charge is 0.488 e. The van der Waals surface area contributed by atoms with E-state index in [9.17, 15) is 9.59 Å². The maximum Gasteiger partial charge on any atom is 0.289 e. The van der Waals surface area contributed by atoms with Crippen LogP contribution in [0.5, 0.6) is 5.75 Å². The molecule has 3 N–H and O–H groups in total. The Morgan fingerprint density at radius 3 is 2.64 bits per heavy atom. The number of aromatic nitrogens is 1. The van der Waals surface area contributed by atoms with Gasteiger partial charge in [-0.25, -0.2) is 0 Å². The van der Waals surface area contributed by atoms with E-state index in [2.05, 4.69) is 31.0 Å². The zero-order chi connectivity index (χ0) is 18.0. The average Bonchev–Trinajstić information content (AvgIpc) is 3.04. The number of carbonyl (C=O) groups excluding carboxylic acids is 2. The van der Waals surface area contributed by atoms with Crippen LogP contribution in [-0.4, -0.2) is 16.7 Å². The number of amides is 1. The molecule has 128 valence electrons. The topological polar surface area (TPSA) is 85.2 Å². The predicted octanol–water partition coefficient (Wildman–Crippen LogP) is 3.54. The summed E-state index contributed by atoms with van der Waals surface area (Å²) in [4.78, 5) is 26.2. The van der Waals surface area contributed by atoms with Crippen molar-refractivity contribution < 1.29 is 14.3 Å². The normalized spacial score (nSPS) is 11.0. The van der Waals surface area contributed by atoms with E-state index in [4.69, 9.17) is 10.5 Å². The van der Waals surface area contributed by atoms with Crippen LogP contribution >= 0.6 is 0 Å². The Balaban J connectivity index is 1.91. The summed E-state index contributed by atoms with van der Waals surface area (Å²) in [5.41, 5.74) is 8.37. The van der Waals surface area contributed by atoms with Crippen molar-refractivity contribution in [1.29, 1.82) is 0 Å². The summed E-state index contributed by atoms with van der Waals surface area (Å²) >= 11 is 0. The molecular weight excluding hydrogens is 316 g/mol. The number of primary amides is 1. The molecule has 0 saturated heterocycles. The van der Waals surface area contributed by atoms with Gasteiger partial charge in [-0.1, -0.05) is 44.2 Å². The minimum atomic E-state index is -0.986. The van der Waals surface area contributed by atoms with Crippen molar-refractivity contribution in [3.8, 4) is 5.75 Å². The zero-order valence-corrected chi connectivity index (χ0v) is 14.2. The summed E-state index contributed by atoms with van der Waals surface area (Å²) in [6, 6.07) is 13.6. The highest BCUT2D eigenvalue weighted by atomic mass is 16.5. The van der Waals surface area contributed by atoms with Crippen molar-refractivity contribution >= 4 is 22.6 Å². The van der Waals surface area contributed by atoms with Gasteiger partial charge in [-0.15, -0.1) is 0 Å². The second-order valence-corrected chi connectivity index (χ2v) is 6.26. The number of H-pyrrole nitrogens is 1. The van der Waals surface area contributed by atoms with Gasteiger partial charge in [-0.05, 0) is 29.2 Å². The maximum absolute atomic E-state index is 12.0. The lowest BCUT2D eigenvalue weighted by atomic mass is 10.0. The molecule has 2 aromatic carbocycles. The van der Waals surface area contributed by atoms with E-state index in [1.807, 2.05) is 24.3 Å². The van der Waals surface area contributed by atoms with Crippen LogP contribution in [0.15, 0.2) is 48.7 Å². The zero-order valence-electron chi connectivity index (χ0n) is 14.2. The molecule has 0 unspecified atom stereocenters. The van der Waals surface area contributed by atoms with Crippen LogP contribution in [0.1, 0.15) is 41.3 Å². The average molecular weight is 336 g/mol. The Labute approximate surface area is 145 Å². The van der Waals surface area contributed by atoms with Gasteiger partial charge in [0.05, 0.1) is 10.9 Å². The summed E-state index contributed by atoms with van der Waals surface area (Å²) in [7, 11) is 0. The molecule has 0 aliphatic rings. The van der Waals surface area contributed by atoms with Crippen molar-refractivity contribution in [2.24, 2.45) is 5.73 Å². The van der Waals surface area contributed by atoms with Crippen molar-refractivity contribution in [3.63, 3.8) is 0 Å². The number of hydrogen-bond donors (Lipinski definition) is 2. The number of nitrogens with two attached hydrogens (primary N) is 1. The Morgan fingerprint density at radius 1 is 1.16 bits per heavy atom. The van der Waals surface area contributed by atoms with Crippen LogP contribution in [0.4, 0.5) is 0 Å². The van der Waals surface area contributed by atoms with E-state index in [1.165, 1.54) is 11.8 Å². The molecule has 0 aliphatic heterocycles. The molecule has 0 bridgehead atoms. The van der Waals surface area contributed by atoms with Gasteiger partial charge in [-0.3, -0.25) is 9.59 Å². The van der Waals surface area contributed by atoms with E-state index in [0.29, 0.717) is 23.7 Å². The molecule has 5 heteroatoms. The smallest absolute Gasteiger partial charge is 0.289 e. The second kappa shape index (κ2) is 6.81. The fraction of sp³-hybridized carbons (Fsp3) is 0.200. The highest BCUT2D eigenvalue weighted by Gasteiger charge is 2.19. The summed E-state index contributed by atoms with van der Waals surface area (Å²) in [5.74, 6) is -0.740. The van der Waals surface area contributed by atoms with Crippen molar-refractivity contribution in [2.45, 2.75) is 26.4 Å². The number of Topliss-reactive ketones (excluding diaryl/α,β-unsaturated/α-hetero) is 1. The first-order valence-corrected chi connectivity index (χ1v) is 8.13. The number of hydrogen-bond acceptors (Lipinski definition) is 3. The molecule has 0 spiro atoms. The fourth-order valence-electron chi connectivity index (χ4n) is 2.79. The van der Waals surface area contributed by atoms with Gasteiger partial charge in [0.1, 0.15) is 12.4 Å². The third-order valence-electron chi connectivity index (χ3n) is 4.15. The molecule has 0 aliphatic carbocycles. The number of rotatable bonds is 6. The summed E-state index contributed by atoms with van der Waals surface area (Å²) < 4.78 is 5.94. The molecule has 0 radical (unpaired) electrons. The van der Waals surface area contributed by atoms with Gasteiger partial charge >= 0.3 is 0 Å². The number of fused-ring (bicyclic) bond motifs is 1. The third-order valence-corrected chi connectivity index (χ3v) is 4.15. The van der Waals surface area contributed by atoms with Crippen molar-refractivity contribution in [3.05, 3.63) is 65.4 Å². The Morgan fingerprint density at radius 2 is 1.92 bits per heavy atom. The molecule has 0 atom stereocenters. The van der Waals surface area contributed by atoms with E-state index < -0.39 is 11.7 Å². The Kier molecular flexibility index (Phi) is 4.57. The number of nitrogens with one attached hydrogen (secondary N) is 1. The first-order valence-electron chi connectivity index (χ1n) is 8.13. The van der Waals surface area contributed by atoms with Gasteiger partial charge in [-0.2, -0.15) is 0 Å². The molecule has 25 heavy (non-hydrogen) atoms. The van der Waals surface area contributed by atoms with Gasteiger partial charge in [0.25, 0.3) is 11.7 Å². The van der Waals surface area contributed by atoms with Crippen molar-refractivity contribution in [1.82, 2.24) is 4.98 Å². The minimum Gasteiger partial charge on any atom is -0.488 e. The number of ketones is 1. The molecule has 0 saturated carbocycles. The van der Waals surface area contributed by atoms with Crippen LogP contribution in [-0.2, 0) is 11.4 Å². The van der Waals surface area contributed by atoms with Crippen LogP contribution < -0.4 is 10.5 Å². The highest BCUT2D eigenvalue weighted by molar-refractivity contribution is 6.44. The summed E-state index contributed by atoms with van der Waals surface area (Å²) in [5, 5.41) is 0.575. The van der Waals surface area contributed by atoms with Crippen LogP contribution in [0.3, 0.4) is 0 Å². The van der Waals surface area contributed by atoms with Gasteiger partial charge < -0.3 is 15.5 Å². The van der Waals surface area contributed by atoms with E-state index in [-0.39, 0.29) is 5.56 Å². The number of aromatic amines is 1. The van der Waals surface area contributed by atoms with Crippen molar-refractivity contribution in [2.75, 3.05) is 0 Å². The van der Waals surface area contributed by atoms with E-state index in [1.54, 1.807) is 6.07 Å². The lowest BCUT2D eigenvalue weighted by Crippen LogP contribution is -2.22. The molecule has 3 rings (SSSR count). The van der Waals surface area contributed by atoms with E-state index >= 15 is 0 Å². The highest BCUT2D eigenvalue weighted by Crippen LogP contribution is 2.30. The molecule has 3 aromatic rings. The minimum absolute atomic E-state index is 0.231.